The molecule has 2 atom stereocenters. The molecule has 0 radical (unpaired) electrons. The van der Waals surface area contributed by atoms with E-state index in [1.54, 1.807) is 27.9 Å². The molecule has 34 heavy (non-hydrogen) atoms. The van der Waals surface area contributed by atoms with Crippen molar-refractivity contribution in [3.8, 4) is 17.2 Å². The molecule has 0 saturated carbocycles. The van der Waals surface area contributed by atoms with Gasteiger partial charge in [0.1, 0.15) is 5.41 Å². The number of aryl methyl sites for hydroxylation is 2. The molecule has 3 aromatic rings. The average molecular weight is 463 g/mol. The number of carbonyl (C=O) groups excluding carboxylic acids is 2. The molecule has 0 unspecified atom stereocenters. The van der Waals surface area contributed by atoms with Gasteiger partial charge in [0, 0.05) is 49.7 Å². The highest BCUT2D eigenvalue weighted by Gasteiger charge is 2.40. The summed E-state index contributed by atoms with van der Waals surface area (Å²) in [5.41, 5.74) is 8.99. The summed E-state index contributed by atoms with van der Waals surface area (Å²) in [5, 5.41) is 21.7. The van der Waals surface area contributed by atoms with E-state index < -0.39 is 11.3 Å². The van der Waals surface area contributed by atoms with Gasteiger partial charge in [-0.25, -0.2) is 4.52 Å². The quantitative estimate of drug-likeness (QED) is 0.577. The van der Waals surface area contributed by atoms with Crippen LogP contribution in [0.25, 0.3) is 16.6 Å². The minimum Gasteiger partial charge on any atom is -0.378 e. The number of nitrogens with two attached hydrogens (primary N) is 1. The van der Waals surface area contributed by atoms with Crippen LogP contribution in [0.3, 0.4) is 0 Å². The van der Waals surface area contributed by atoms with Gasteiger partial charge in [-0.15, -0.1) is 0 Å². The van der Waals surface area contributed by atoms with Gasteiger partial charge in [0.2, 0.25) is 5.91 Å². The average Bonchev–Trinajstić information content (AvgIpc) is 3.49. The Morgan fingerprint density at radius 2 is 2.06 bits per heavy atom. The number of hydrogen-bond donors (Lipinski definition) is 2. The fraction of sp³-hybridized carbons (Fsp3) is 0.458. The standard InChI is InChI=1S/C24H30N8O2/c1-6-15-9-31(23(34)24(3,4)13-25)12-19(15)28-21-17(22(26)33)8-27-32-10-16(7-20(21)32)18-11-30(5)29-14(18)2/h7-8,10-11,15,19,28H,6,9,12H2,1-5H3,(H2,26,33)/t15-,19+/m0/s1. The van der Waals surface area contributed by atoms with Gasteiger partial charge in [-0.05, 0) is 39.2 Å². The highest BCUT2D eigenvalue weighted by atomic mass is 16.2. The summed E-state index contributed by atoms with van der Waals surface area (Å²) in [6.45, 7) is 8.27. The normalized spacial score (nSPS) is 18.3. The van der Waals surface area contributed by atoms with Crippen molar-refractivity contribution in [2.45, 2.75) is 40.2 Å². The van der Waals surface area contributed by atoms with Crippen molar-refractivity contribution in [3.63, 3.8) is 0 Å². The van der Waals surface area contributed by atoms with Crippen LogP contribution in [0.4, 0.5) is 5.69 Å². The molecule has 4 rings (SSSR count). The molecule has 0 aromatic carbocycles. The molecule has 0 bridgehead atoms. The second-order valence-electron chi connectivity index (χ2n) is 9.52. The van der Waals surface area contributed by atoms with E-state index in [2.05, 4.69) is 28.5 Å². The fourth-order valence-electron chi connectivity index (χ4n) is 4.67. The first-order valence-corrected chi connectivity index (χ1v) is 11.3. The molecule has 1 fully saturated rings. The topological polar surface area (TPSA) is 134 Å². The smallest absolute Gasteiger partial charge is 0.252 e. The van der Waals surface area contributed by atoms with Gasteiger partial charge >= 0.3 is 0 Å². The SMILES string of the molecule is CC[C@H]1CN(C(=O)C(C)(C)C#N)C[C@H]1Nc1c(C(N)=O)cnn2cc(-c3cn(C)nc3C)cc12. The molecule has 1 aliphatic heterocycles. The third kappa shape index (κ3) is 3.98. The summed E-state index contributed by atoms with van der Waals surface area (Å²) in [6.07, 6.45) is 6.14. The first-order chi connectivity index (χ1) is 16.1. The van der Waals surface area contributed by atoms with E-state index in [0.29, 0.717) is 24.3 Å². The van der Waals surface area contributed by atoms with Crippen LogP contribution >= 0.6 is 0 Å². The minimum absolute atomic E-state index is 0.105. The summed E-state index contributed by atoms with van der Waals surface area (Å²) in [5.74, 6) is -0.616. The van der Waals surface area contributed by atoms with E-state index in [1.807, 2.05) is 32.4 Å². The summed E-state index contributed by atoms with van der Waals surface area (Å²) in [4.78, 5) is 26.9. The first kappa shape index (κ1) is 23.3. The number of nitrogens with zero attached hydrogens (tertiary/aromatic N) is 6. The number of carbonyl (C=O) groups is 2. The van der Waals surface area contributed by atoms with Gasteiger partial charge in [0.05, 0.1) is 34.7 Å². The number of hydrogen-bond acceptors (Lipinski definition) is 6. The maximum absolute atomic E-state index is 12.9. The molecule has 1 aliphatic rings. The minimum atomic E-state index is -1.09. The molecule has 0 aliphatic carbocycles. The van der Waals surface area contributed by atoms with Crippen molar-refractivity contribution in [3.05, 3.63) is 35.9 Å². The molecule has 1 saturated heterocycles. The van der Waals surface area contributed by atoms with Crippen molar-refractivity contribution < 1.29 is 9.59 Å². The number of nitriles is 1. The van der Waals surface area contributed by atoms with Crippen molar-refractivity contribution >= 4 is 23.0 Å². The van der Waals surface area contributed by atoms with Crippen LogP contribution in [0.1, 0.15) is 43.2 Å². The molecule has 4 heterocycles. The Balaban J connectivity index is 1.73. The second kappa shape index (κ2) is 8.48. The Hall–Kier alpha value is -3.87. The van der Waals surface area contributed by atoms with Crippen molar-refractivity contribution in [1.29, 1.82) is 5.26 Å². The Bertz CT molecular complexity index is 1310. The maximum Gasteiger partial charge on any atom is 0.252 e. The maximum atomic E-state index is 12.9. The molecule has 3 N–H and O–H groups in total. The zero-order valence-corrected chi connectivity index (χ0v) is 20.2. The van der Waals surface area contributed by atoms with Crippen LogP contribution in [0.5, 0.6) is 0 Å². The first-order valence-electron chi connectivity index (χ1n) is 11.3. The fourth-order valence-corrected chi connectivity index (χ4v) is 4.67. The van der Waals surface area contributed by atoms with Crippen molar-refractivity contribution in [1.82, 2.24) is 24.3 Å². The number of anilines is 1. The predicted octanol–water partition coefficient (Wildman–Crippen LogP) is 2.34. The zero-order chi connectivity index (χ0) is 24.8. The number of nitrogens with one attached hydrogen (secondary N) is 1. The summed E-state index contributed by atoms with van der Waals surface area (Å²) in [7, 11) is 1.87. The lowest BCUT2D eigenvalue weighted by Gasteiger charge is -2.24. The largest absolute Gasteiger partial charge is 0.378 e. The predicted molar refractivity (Wildman–Crippen MR) is 128 cm³/mol. The summed E-state index contributed by atoms with van der Waals surface area (Å²) in [6, 6.07) is 3.95. The van der Waals surface area contributed by atoms with Crippen LogP contribution in [-0.2, 0) is 11.8 Å². The van der Waals surface area contributed by atoms with Gasteiger partial charge < -0.3 is 16.0 Å². The number of amides is 2. The highest BCUT2D eigenvalue weighted by Crippen LogP contribution is 2.33. The van der Waals surface area contributed by atoms with E-state index in [-0.39, 0.29) is 23.4 Å². The number of likely N-dealkylation sites (tertiary alicyclic amines) is 1. The van der Waals surface area contributed by atoms with Crippen molar-refractivity contribution in [2.24, 2.45) is 24.1 Å². The number of fused-ring (bicyclic) bond motifs is 1. The Morgan fingerprint density at radius 3 is 2.65 bits per heavy atom. The molecular formula is C24H30N8O2. The summed E-state index contributed by atoms with van der Waals surface area (Å²) < 4.78 is 3.47. The number of primary amides is 1. The number of aromatic nitrogens is 4. The Kier molecular flexibility index (Phi) is 5.81. The highest BCUT2D eigenvalue weighted by molar-refractivity contribution is 6.02. The van der Waals surface area contributed by atoms with Crippen LogP contribution in [0.15, 0.2) is 24.7 Å². The summed E-state index contributed by atoms with van der Waals surface area (Å²) >= 11 is 0. The van der Waals surface area contributed by atoms with Gasteiger partial charge in [-0.1, -0.05) is 6.92 Å². The lowest BCUT2D eigenvalue weighted by atomic mass is 9.94. The molecule has 178 valence electrons. The Morgan fingerprint density at radius 1 is 1.32 bits per heavy atom. The van der Waals surface area contributed by atoms with Gasteiger partial charge in [0.25, 0.3) is 5.91 Å². The second-order valence-corrected chi connectivity index (χ2v) is 9.52. The van der Waals surface area contributed by atoms with Crippen LogP contribution in [0.2, 0.25) is 0 Å². The third-order valence-electron chi connectivity index (χ3n) is 6.62. The van der Waals surface area contributed by atoms with E-state index in [4.69, 9.17) is 5.73 Å². The third-order valence-corrected chi connectivity index (χ3v) is 6.62. The van der Waals surface area contributed by atoms with E-state index >= 15 is 0 Å². The van der Waals surface area contributed by atoms with E-state index in [0.717, 1.165) is 23.2 Å². The molecule has 10 heteroatoms. The van der Waals surface area contributed by atoms with Gasteiger partial charge in [-0.2, -0.15) is 15.5 Å². The Labute approximate surface area is 198 Å². The van der Waals surface area contributed by atoms with Crippen molar-refractivity contribution in [2.75, 3.05) is 18.4 Å². The molecule has 3 aromatic heterocycles. The van der Waals surface area contributed by atoms with E-state index in [9.17, 15) is 14.9 Å². The molecule has 2 amide bonds. The number of rotatable bonds is 6. The van der Waals surface area contributed by atoms with Crippen LogP contribution in [0, 0.1) is 29.6 Å². The lowest BCUT2D eigenvalue weighted by Crippen LogP contribution is -2.40. The lowest BCUT2D eigenvalue weighted by molar-refractivity contribution is -0.136. The molecular weight excluding hydrogens is 432 g/mol. The monoisotopic (exact) mass is 462 g/mol. The van der Waals surface area contributed by atoms with Gasteiger partial charge in [0.15, 0.2) is 0 Å². The molecule has 0 spiro atoms. The zero-order valence-electron chi connectivity index (χ0n) is 20.2. The van der Waals surface area contributed by atoms with E-state index in [1.165, 1.54) is 6.20 Å². The van der Waals surface area contributed by atoms with Crippen LogP contribution in [-0.4, -0.2) is 55.2 Å². The molecule has 10 nitrogen and oxygen atoms in total. The van der Waals surface area contributed by atoms with Gasteiger partial charge in [-0.3, -0.25) is 14.3 Å². The van der Waals surface area contributed by atoms with Crippen LogP contribution < -0.4 is 11.1 Å².